The van der Waals surface area contributed by atoms with E-state index in [4.69, 9.17) is 0 Å². The lowest BCUT2D eigenvalue weighted by molar-refractivity contribution is 1.24. The Hall–Kier alpha value is -7.04. The minimum absolute atomic E-state index is 0.947. The molecule has 0 N–H and O–H groups in total. The van der Waals surface area contributed by atoms with Crippen LogP contribution in [-0.2, 0) is 6.42 Å². The normalized spacial score (nSPS) is 12.3. The average molecular weight is 798 g/mol. The van der Waals surface area contributed by atoms with Gasteiger partial charge in [-0.3, -0.25) is 0 Å². The van der Waals surface area contributed by atoms with Gasteiger partial charge in [-0.25, -0.2) is 0 Å². The summed E-state index contributed by atoms with van der Waals surface area (Å²) in [6.07, 6.45) is 0.947. The van der Waals surface area contributed by atoms with E-state index in [0.29, 0.717) is 0 Å². The molecule has 0 fully saturated rings. The van der Waals surface area contributed by atoms with E-state index in [9.17, 15) is 0 Å². The molecule has 0 saturated heterocycles. The number of benzene rings is 10. The van der Waals surface area contributed by atoms with Gasteiger partial charge in [0.2, 0.25) is 0 Å². The largest absolute Gasteiger partial charge is 0.310 e. The lowest BCUT2D eigenvalue weighted by atomic mass is 9.96. The van der Waals surface area contributed by atoms with E-state index in [1.807, 2.05) is 22.7 Å². The highest BCUT2D eigenvalue weighted by molar-refractivity contribution is 7.29. The fourth-order valence-electron chi connectivity index (χ4n) is 9.90. The Morgan fingerprint density at radius 2 is 1.07 bits per heavy atom. The van der Waals surface area contributed by atoms with Crippen molar-refractivity contribution in [3.05, 3.63) is 211 Å². The molecule has 280 valence electrons. The van der Waals surface area contributed by atoms with Crippen LogP contribution in [0, 0.1) is 0 Å². The molecule has 0 bridgehead atoms. The molecular weight excluding hydrogens is 763 g/mol. The van der Waals surface area contributed by atoms with Gasteiger partial charge in [0.25, 0.3) is 0 Å². The highest BCUT2D eigenvalue weighted by Crippen LogP contribution is 2.50. The van der Waals surface area contributed by atoms with E-state index in [1.165, 1.54) is 112 Å². The van der Waals surface area contributed by atoms with Gasteiger partial charge in [0.1, 0.15) is 0 Å². The fourth-order valence-corrected chi connectivity index (χ4v) is 12.4. The van der Waals surface area contributed by atoms with Crippen LogP contribution in [0.25, 0.3) is 95.3 Å². The predicted molar refractivity (Wildman–Crippen MR) is 261 cm³/mol. The van der Waals surface area contributed by atoms with Gasteiger partial charge >= 0.3 is 0 Å². The first kappa shape index (κ1) is 33.9. The molecule has 2 heterocycles. The zero-order chi connectivity index (χ0) is 39.3. The SMILES string of the molecule is c1cc(-c2cccc3sc4ccc5c6ccccc6sc5c4c23)cc(N(c2ccc(-c3ccc4ccc5ccccc5c4c3)cc2)c2cccc3c2-c2ccccc2C3)c1. The lowest BCUT2D eigenvalue weighted by Crippen LogP contribution is -2.11. The van der Waals surface area contributed by atoms with Gasteiger partial charge < -0.3 is 4.90 Å². The van der Waals surface area contributed by atoms with E-state index >= 15 is 0 Å². The highest BCUT2D eigenvalue weighted by atomic mass is 32.1. The summed E-state index contributed by atoms with van der Waals surface area (Å²) in [6.45, 7) is 0. The van der Waals surface area contributed by atoms with Crippen LogP contribution in [-0.4, -0.2) is 0 Å². The lowest BCUT2D eigenvalue weighted by Gasteiger charge is -2.28. The fraction of sp³-hybridized carbons (Fsp3) is 0.0175. The summed E-state index contributed by atoms with van der Waals surface area (Å²) >= 11 is 3.82. The maximum atomic E-state index is 2.48. The van der Waals surface area contributed by atoms with Gasteiger partial charge in [-0.2, -0.15) is 0 Å². The standard InChI is InChI=1S/C57H35NS2/c1-3-15-44-36(10-1)22-23-37-24-25-38(34-49(37)44)35-26-28-42(29-27-35)58(50-19-8-13-41-32-39-11-2-4-16-45(39)54(41)50)43-14-7-12-40(33-43)46-18-9-21-52-55(46)56-53(59-52)31-30-48-47-17-5-6-20-51(47)60-57(48)56/h1-31,33-34H,32H2. The number of nitrogens with zero attached hydrogens (tertiary/aromatic N) is 1. The number of rotatable bonds is 5. The average Bonchev–Trinajstić information content (AvgIpc) is 4.01. The highest BCUT2D eigenvalue weighted by Gasteiger charge is 2.26. The Bertz CT molecular complexity index is 3700. The molecule has 0 spiro atoms. The molecular formula is C57H35NS2. The summed E-state index contributed by atoms with van der Waals surface area (Å²) in [5.74, 6) is 0. The first-order chi connectivity index (χ1) is 29.7. The second kappa shape index (κ2) is 13.2. The van der Waals surface area contributed by atoms with Crippen molar-refractivity contribution in [2.24, 2.45) is 0 Å². The summed E-state index contributed by atoms with van der Waals surface area (Å²) in [5, 5.41) is 10.5. The van der Waals surface area contributed by atoms with Crippen LogP contribution in [0.15, 0.2) is 200 Å². The van der Waals surface area contributed by atoms with Crippen molar-refractivity contribution in [1.82, 2.24) is 0 Å². The summed E-state index contributed by atoms with van der Waals surface area (Å²) in [5.41, 5.74) is 13.8. The molecule has 1 nitrogen and oxygen atoms in total. The van der Waals surface area contributed by atoms with Crippen molar-refractivity contribution in [3.8, 4) is 33.4 Å². The second-order valence-corrected chi connectivity index (χ2v) is 18.1. The first-order valence-electron chi connectivity index (χ1n) is 20.6. The Balaban J connectivity index is 0.991. The first-order valence-corrected chi connectivity index (χ1v) is 22.2. The summed E-state index contributed by atoms with van der Waals surface area (Å²) < 4.78 is 5.38. The molecule has 3 heteroatoms. The van der Waals surface area contributed by atoms with Crippen LogP contribution in [0.1, 0.15) is 11.1 Å². The van der Waals surface area contributed by atoms with Crippen LogP contribution >= 0.6 is 22.7 Å². The van der Waals surface area contributed by atoms with Gasteiger partial charge in [0, 0.05) is 57.3 Å². The molecule has 0 saturated carbocycles. The van der Waals surface area contributed by atoms with Crippen LogP contribution in [0.3, 0.4) is 0 Å². The van der Waals surface area contributed by atoms with Crippen molar-refractivity contribution in [3.63, 3.8) is 0 Å². The van der Waals surface area contributed by atoms with Crippen molar-refractivity contribution in [1.29, 1.82) is 0 Å². The van der Waals surface area contributed by atoms with Crippen molar-refractivity contribution in [2.45, 2.75) is 6.42 Å². The molecule has 10 aromatic carbocycles. The third-order valence-corrected chi connectivity index (χ3v) is 15.0. The van der Waals surface area contributed by atoms with Gasteiger partial charge in [-0.05, 0) is 122 Å². The number of thiophene rings is 2. The van der Waals surface area contributed by atoms with E-state index in [0.717, 1.165) is 17.8 Å². The predicted octanol–water partition coefficient (Wildman–Crippen LogP) is 17.1. The molecule has 0 unspecified atom stereocenters. The number of anilines is 3. The molecule has 0 amide bonds. The van der Waals surface area contributed by atoms with Crippen LogP contribution in [0.2, 0.25) is 0 Å². The Morgan fingerprint density at radius 1 is 0.367 bits per heavy atom. The molecule has 0 radical (unpaired) electrons. The molecule has 2 aromatic heterocycles. The summed E-state index contributed by atoms with van der Waals surface area (Å²) in [6, 6.07) is 74.6. The van der Waals surface area contributed by atoms with Crippen LogP contribution in [0.4, 0.5) is 17.1 Å². The molecule has 1 aliphatic carbocycles. The maximum Gasteiger partial charge on any atom is 0.0543 e. The summed E-state index contributed by atoms with van der Waals surface area (Å²) in [7, 11) is 0. The topological polar surface area (TPSA) is 3.24 Å². The Morgan fingerprint density at radius 3 is 2.00 bits per heavy atom. The van der Waals surface area contributed by atoms with E-state index in [-0.39, 0.29) is 0 Å². The number of hydrogen-bond acceptors (Lipinski definition) is 3. The Kier molecular flexibility index (Phi) is 7.48. The van der Waals surface area contributed by atoms with Gasteiger partial charge in [0.05, 0.1) is 5.69 Å². The number of fused-ring (bicyclic) bond motifs is 13. The van der Waals surface area contributed by atoms with Crippen molar-refractivity contribution in [2.75, 3.05) is 4.90 Å². The molecule has 13 rings (SSSR count). The molecule has 12 aromatic rings. The van der Waals surface area contributed by atoms with Crippen LogP contribution < -0.4 is 4.90 Å². The minimum Gasteiger partial charge on any atom is -0.310 e. The van der Waals surface area contributed by atoms with Crippen molar-refractivity contribution < 1.29 is 0 Å². The zero-order valence-electron chi connectivity index (χ0n) is 32.5. The zero-order valence-corrected chi connectivity index (χ0v) is 34.2. The Labute approximate surface area is 355 Å². The molecule has 60 heavy (non-hydrogen) atoms. The third kappa shape index (κ3) is 5.16. The van der Waals surface area contributed by atoms with Gasteiger partial charge in [-0.1, -0.05) is 146 Å². The van der Waals surface area contributed by atoms with E-state index < -0.39 is 0 Å². The number of hydrogen-bond donors (Lipinski definition) is 0. The van der Waals surface area contributed by atoms with Gasteiger partial charge in [0.15, 0.2) is 0 Å². The summed E-state index contributed by atoms with van der Waals surface area (Å²) in [4.78, 5) is 2.48. The minimum atomic E-state index is 0.947. The van der Waals surface area contributed by atoms with E-state index in [2.05, 4.69) is 205 Å². The maximum absolute atomic E-state index is 2.48. The van der Waals surface area contributed by atoms with Gasteiger partial charge in [-0.15, -0.1) is 22.7 Å². The van der Waals surface area contributed by atoms with Crippen molar-refractivity contribution >= 4 is 102 Å². The monoisotopic (exact) mass is 797 g/mol. The smallest absolute Gasteiger partial charge is 0.0543 e. The third-order valence-electron chi connectivity index (χ3n) is 12.7. The molecule has 1 aliphatic rings. The second-order valence-electron chi connectivity index (χ2n) is 16.0. The quantitative estimate of drug-likeness (QED) is 0.157. The molecule has 0 aliphatic heterocycles. The molecule has 0 atom stereocenters. The van der Waals surface area contributed by atoms with E-state index in [1.54, 1.807) is 0 Å². The van der Waals surface area contributed by atoms with Crippen LogP contribution in [0.5, 0.6) is 0 Å².